The van der Waals surface area contributed by atoms with Crippen molar-refractivity contribution >= 4 is 11.7 Å². The first-order valence-electron chi connectivity index (χ1n) is 11.1. The van der Waals surface area contributed by atoms with Gasteiger partial charge in [-0.25, -0.2) is 9.97 Å². The van der Waals surface area contributed by atoms with Crippen molar-refractivity contribution in [2.24, 2.45) is 5.92 Å². The maximum absolute atomic E-state index is 12.9. The van der Waals surface area contributed by atoms with Crippen molar-refractivity contribution in [3.63, 3.8) is 0 Å². The van der Waals surface area contributed by atoms with Crippen LogP contribution in [-0.2, 0) is 30.6 Å². The number of hydrogen-bond acceptors (Lipinski definition) is 4. The monoisotopic (exact) mass is 390 g/mol. The molecule has 3 heterocycles. The molecule has 0 saturated carbocycles. The summed E-state index contributed by atoms with van der Waals surface area (Å²) in [6.07, 6.45) is 7.23. The van der Waals surface area contributed by atoms with Gasteiger partial charge in [0.2, 0.25) is 5.91 Å². The molecule has 2 aromatic rings. The van der Waals surface area contributed by atoms with Crippen molar-refractivity contribution in [2.45, 2.75) is 58.4 Å². The van der Waals surface area contributed by atoms with E-state index < -0.39 is 0 Å². The molecule has 0 spiro atoms. The molecule has 1 aliphatic carbocycles. The van der Waals surface area contributed by atoms with Gasteiger partial charge < -0.3 is 9.80 Å². The highest BCUT2D eigenvalue weighted by Gasteiger charge is 2.28. The molecule has 1 aromatic heterocycles. The summed E-state index contributed by atoms with van der Waals surface area (Å²) in [6.45, 7) is 5.65. The number of amides is 1. The molecule has 5 nitrogen and oxygen atoms in total. The first-order valence-corrected chi connectivity index (χ1v) is 11.1. The summed E-state index contributed by atoms with van der Waals surface area (Å²) in [5.41, 5.74) is 5.35. The van der Waals surface area contributed by atoms with E-state index in [1.165, 1.54) is 34.6 Å². The number of aromatic nitrogens is 2. The van der Waals surface area contributed by atoms with Crippen LogP contribution in [0.4, 0.5) is 5.82 Å². The van der Waals surface area contributed by atoms with Gasteiger partial charge in [0, 0.05) is 43.9 Å². The predicted molar refractivity (Wildman–Crippen MR) is 114 cm³/mol. The molecule has 5 heteroatoms. The number of aryl methyl sites for hydroxylation is 2. The summed E-state index contributed by atoms with van der Waals surface area (Å²) >= 11 is 0. The third-order valence-corrected chi connectivity index (χ3v) is 6.88. The zero-order valence-corrected chi connectivity index (χ0v) is 17.4. The normalized spacial score (nSPS) is 19.2. The molecule has 0 atom stereocenters. The van der Waals surface area contributed by atoms with Crippen LogP contribution in [0.2, 0.25) is 0 Å². The molecule has 0 radical (unpaired) electrons. The van der Waals surface area contributed by atoms with Gasteiger partial charge in [0.1, 0.15) is 11.6 Å². The van der Waals surface area contributed by atoms with Crippen molar-refractivity contribution in [1.82, 2.24) is 14.9 Å². The molecule has 3 aliphatic rings. The fourth-order valence-corrected chi connectivity index (χ4v) is 5.23. The van der Waals surface area contributed by atoms with Gasteiger partial charge in [-0.05, 0) is 62.5 Å². The van der Waals surface area contributed by atoms with Gasteiger partial charge >= 0.3 is 0 Å². The Kier molecular flexibility index (Phi) is 4.98. The van der Waals surface area contributed by atoms with Gasteiger partial charge in [-0.3, -0.25) is 4.79 Å². The van der Waals surface area contributed by atoms with Gasteiger partial charge in [-0.1, -0.05) is 24.3 Å². The zero-order chi connectivity index (χ0) is 19.8. The Hall–Kier alpha value is -2.43. The summed E-state index contributed by atoms with van der Waals surface area (Å²) in [7, 11) is 0. The van der Waals surface area contributed by atoms with E-state index in [4.69, 9.17) is 4.98 Å². The zero-order valence-electron chi connectivity index (χ0n) is 17.4. The molecule has 1 amide bonds. The molecule has 1 saturated heterocycles. The second-order valence-corrected chi connectivity index (χ2v) is 8.84. The molecule has 152 valence electrons. The Labute approximate surface area is 173 Å². The minimum Gasteiger partial charge on any atom is -0.356 e. The van der Waals surface area contributed by atoms with Crippen molar-refractivity contribution in [3.05, 3.63) is 52.5 Å². The van der Waals surface area contributed by atoms with Crippen molar-refractivity contribution < 1.29 is 4.79 Å². The number of nitrogens with zero attached hydrogens (tertiary/aromatic N) is 4. The van der Waals surface area contributed by atoms with Crippen LogP contribution in [0.3, 0.4) is 0 Å². The van der Waals surface area contributed by atoms with Crippen LogP contribution >= 0.6 is 0 Å². The molecule has 29 heavy (non-hydrogen) atoms. The molecule has 1 fully saturated rings. The maximum atomic E-state index is 12.9. The molecule has 2 aliphatic heterocycles. The molecular weight excluding hydrogens is 360 g/mol. The van der Waals surface area contributed by atoms with Crippen LogP contribution < -0.4 is 4.90 Å². The average molecular weight is 391 g/mol. The van der Waals surface area contributed by atoms with Crippen LogP contribution in [0.1, 0.15) is 53.9 Å². The fourth-order valence-electron chi connectivity index (χ4n) is 5.23. The average Bonchev–Trinajstić information content (AvgIpc) is 3.22. The Morgan fingerprint density at radius 2 is 1.83 bits per heavy atom. The summed E-state index contributed by atoms with van der Waals surface area (Å²) < 4.78 is 0. The van der Waals surface area contributed by atoms with E-state index in [9.17, 15) is 4.79 Å². The largest absolute Gasteiger partial charge is 0.356 e. The van der Waals surface area contributed by atoms with Crippen LogP contribution in [0.5, 0.6) is 0 Å². The molecule has 5 rings (SSSR count). The number of carbonyl (C=O) groups is 1. The Morgan fingerprint density at radius 3 is 2.66 bits per heavy atom. The SMILES string of the molecule is Cc1nc2c(c(N3CCC(CC(=O)N4CCc5ccccc5C4)CC3)n1)CCC2. The quantitative estimate of drug-likeness (QED) is 0.805. The van der Waals surface area contributed by atoms with Crippen molar-refractivity contribution in [3.8, 4) is 0 Å². The highest BCUT2D eigenvalue weighted by atomic mass is 16.2. The van der Waals surface area contributed by atoms with E-state index in [-0.39, 0.29) is 0 Å². The second kappa shape index (κ2) is 7.77. The van der Waals surface area contributed by atoms with Gasteiger partial charge in [-0.2, -0.15) is 0 Å². The Bertz CT molecular complexity index is 917. The van der Waals surface area contributed by atoms with E-state index in [0.717, 1.165) is 64.1 Å². The predicted octanol–water partition coefficient (Wildman–Crippen LogP) is 3.47. The van der Waals surface area contributed by atoms with E-state index >= 15 is 0 Å². The third-order valence-electron chi connectivity index (χ3n) is 6.88. The highest BCUT2D eigenvalue weighted by Crippen LogP contribution is 2.32. The summed E-state index contributed by atoms with van der Waals surface area (Å²) in [5.74, 6) is 2.88. The Balaban J connectivity index is 1.19. The highest BCUT2D eigenvalue weighted by molar-refractivity contribution is 5.77. The number of hydrogen-bond donors (Lipinski definition) is 0. The molecule has 0 unspecified atom stereocenters. The standard InChI is InChI=1S/C24H30N4O/c1-17-25-22-8-4-7-21(22)24(26-17)27-12-9-18(10-13-27)15-23(29)28-14-11-19-5-2-3-6-20(19)16-28/h2-3,5-6,18H,4,7-16H2,1H3. The first-order chi connectivity index (χ1) is 14.2. The number of carbonyl (C=O) groups excluding carboxylic acids is 1. The number of rotatable bonds is 3. The summed E-state index contributed by atoms with van der Waals surface area (Å²) in [6, 6.07) is 8.53. The smallest absolute Gasteiger partial charge is 0.223 e. The van der Waals surface area contributed by atoms with Crippen LogP contribution in [-0.4, -0.2) is 40.4 Å². The first kappa shape index (κ1) is 18.6. The number of fused-ring (bicyclic) bond motifs is 2. The minimum atomic E-state index is 0.330. The van der Waals surface area contributed by atoms with Gasteiger partial charge in [0.25, 0.3) is 0 Å². The fraction of sp³-hybridized carbons (Fsp3) is 0.542. The summed E-state index contributed by atoms with van der Waals surface area (Å²) in [5, 5.41) is 0. The number of piperidine rings is 1. The lowest BCUT2D eigenvalue weighted by Crippen LogP contribution is -2.40. The van der Waals surface area contributed by atoms with E-state index in [0.29, 0.717) is 18.2 Å². The van der Waals surface area contributed by atoms with Gasteiger partial charge in [0.15, 0.2) is 0 Å². The van der Waals surface area contributed by atoms with E-state index in [2.05, 4.69) is 39.0 Å². The second-order valence-electron chi connectivity index (χ2n) is 8.84. The van der Waals surface area contributed by atoms with Crippen molar-refractivity contribution in [1.29, 1.82) is 0 Å². The number of anilines is 1. The lowest BCUT2D eigenvalue weighted by atomic mass is 9.92. The molecule has 1 aromatic carbocycles. The minimum absolute atomic E-state index is 0.330. The molecule has 0 N–H and O–H groups in total. The summed E-state index contributed by atoms with van der Waals surface area (Å²) in [4.78, 5) is 26.9. The van der Waals surface area contributed by atoms with Crippen LogP contribution in [0.25, 0.3) is 0 Å². The Morgan fingerprint density at radius 1 is 1.03 bits per heavy atom. The topological polar surface area (TPSA) is 49.3 Å². The lowest BCUT2D eigenvalue weighted by Gasteiger charge is -2.35. The van der Waals surface area contributed by atoms with Crippen LogP contribution in [0, 0.1) is 12.8 Å². The third kappa shape index (κ3) is 3.75. The van der Waals surface area contributed by atoms with Crippen LogP contribution in [0.15, 0.2) is 24.3 Å². The number of benzene rings is 1. The van der Waals surface area contributed by atoms with Crippen molar-refractivity contribution in [2.75, 3.05) is 24.5 Å². The molecule has 0 bridgehead atoms. The molecular formula is C24H30N4O. The van der Waals surface area contributed by atoms with Gasteiger partial charge in [-0.15, -0.1) is 0 Å². The maximum Gasteiger partial charge on any atom is 0.223 e. The van der Waals surface area contributed by atoms with E-state index in [1.54, 1.807) is 0 Å². The lowest BCUT2D eigenvalue weighted by molar-refractivity contribution is -0.133. The van der Waals surface area contributed by atoms with E-state index in [1.807, 2.05) is 6.92 Å². The van der Waals surface area contributed by atoms with Gasteiger partial charge in [0.05, 0.1) is 0 Å².